The van der Waals surface area contributed by atoms with Crippen molar-refractivity contribution in [3.05, 3.63) is 54.1 Å². The summed E-state index contributed by atoms with van der Waals surface area (Å²) in [6.07, 6.45) is 3.15. The van der Waals surface area contributed by atoms with E-state index in [0.29, 0.717) is 23.7 Å². The molecule has 136 valence electrons. The van der Waals surface area contributed by atoms with Crippen molar-refractivity contribution in [3.8, 4) is 11.5 Å². The Morgan fingerprint density at radius 2 is 1.81 bits per heavy atom. The molecule has 2 N–H and O–H groups in total. The number of benzene rings is 2. The third-order valence-electron chi connectivity index (χ3n) is 3.40. The highest BCUT2D eigenvalue weighted by Gasteiger charge is 2.07. The average Bonchev–Trinajstić information content (AvgIpc) is 2.61. The molecule has 0 aliphatic rings. The second kappa shape index (κ2) is 9.27. The third-order valence-corrected chi connectivity index (χ3v) is 3.40. The Bertz CT molecular complexity index is 798. The SMILES string of the molecule is CCOc1ccc(/C=C/C(=O)Nc2ccc(OC)c(NC(C)=O)c2)cc1. The second-order valence-electron chi connectivity index (χ2n) is 5.42. The zero-order valence-corrected chi connectivity index (χ0v) is 15.0. The topological polar surface area (TPSA) is 76.7 Å². The molecule has 26 heavy (non-hydrogen) atoms. The average molecular weight is 354 g/mol. The Kier molecular flexibility index (Phi) is 6.79. The van der Waals surface area contributed by atoms with Crippen LogP contribution in [-0.4, -0.2) is 25.5 Å². The fourth-order valence-corrected chi connectivity index (χ4v) is 2.27. The Morgan fingerprint density at radius 3 is 2.42 bits per heavy atom. The molecule has 0 aromatic heterocycles. The van der Waals surface area contributed by atoms with E-state index < -0.39 is 0 Å². The molecule has 0 heterocycles. The molecule has 6 nitrogen and oxygen atoms in total. The molecule has 0 unspecified atom stereocenters. The fraction of sp³-hybridized carbons (Fsp3) is 0.200. The van der Waals surface area contributed by atoms with Crippen LogP contribution in [0.5, 0.6) is 11.5 Å². The highest BCUT2D eigenvalue weighted by atomic mass is 16.5. The van der Waals surface area contributed by atoms with Gasteiger partial charge in [0, 0.05) is 18.7 Å². The van der Waals surface area contributed by atoms with Gasteiger partial charge in [-0.15, -0.1) is 0 Å². The minimum atomic E-state index is -0.280. The van der Waals surface area contributed by atoms with Gasteiger partial charge in [0.05, 0.1) is 19.4 Å². The van der Waals surface area contributed by atoms with E-state index in [-0.39, 0.29) is 11.8 Å². The van der Waals surface area contributed by atoms with Crippen LogP contribution in [-0.2, 0) is 9.59 Å². The molecular weight excluding hydrogens is 332 g/mol. The Hall–Kier alpha value is -3.28. The van der Waals surface area contributed by atoms with Crippen LogP contribution in [0, 0.1) is 0 Å². The molecule has 0 saturated heterocycles. The number of hydrogen-bond acceptors (Lipinski definition) is 4. The maximum atomic E-state index is 12.1. The van der Waals surface area contributed by atoms with E-state index in [1.165, 1.54) is 20.1 Å². The van der Waals surface area contributed by atoms with Gasteiger partial charge < -0.3 is 20.1 Å². The summed E-state index contributed by atoms with van der Waals surface area (Å²) in [5.41, 5.74) is 1.93. The van der Waals surface area contributed by atoms with Crippen LogP contribution in [0.2, 0.25) is 0 Å². The van der Waals surface area contributed by atoms with E-state index in [2.05, 4.69) is 10.6 Å². The van der Waals surface area contributed by atoms with Gasteiger partial charge in [0.1, 0.15) is 11.5 Å². The first-order valence-electron chi connectivity index (χ1n) is 8.19. The molecule has 2 rings (SSSR count). The van der Waals surface area contributed by atoms with Gasteiger partial charge in [0.25, 0.3) is 0 Å². The van der Waals surface area contributed by atoms with Gasteiger partial charge in [-0.25, -0.2) is 0 Å². The predicted octanol–water partition coefficient (Wildman–Crippen LogP) is 3.70. The number of carbonyl (C=O) groups excluding carboxylic acids is 2. The highest BCUT2D eigenvalue weighted by molar-refractivity contribution is 6.02. The molecule has 0 radical (unpaired) electrons. The van der Waals surface area contributed by atoms with Gasteiger partial charge in [-0.1, -0.05) is 12.1 Å². The summed E-state index contributed by atoms with van der Waals surface area (Å²) in [6, 6.07) is 12.5. The second-order valence-corrected chi connectivity index (χ2v) is 5.42. The van der Waals surface area contributed by atoms with Crippen molar-refractivity contribution in [3.63, 3.8) is 0 Å². The van der Waals surface area contributed by atoms with E-state index in [9.17, 15) is 9.59 Å². The lowest BCUT2D eigenvalue weighted by Gasteiger charge is -2.11. The van der Waals surface area contributed by atoms with Crippen LogP contribution < -0.4 is 20.1 Å². The van der Waals surface area contributed by atoms with Gasteiger partial charge in [-0.3, -0.25) is 9.59 Å². The molecule has 0 saturated carbocycles. The lowest BCUT2D eigenvalue weighted by molar-refractivity contribution is -0.114. The monoisotopic (exact) mass is 354 g/mol. The van der Waals surface area contributed by atoms with E-state index in [1.54, 1.807) is 24.3 Å². The van der Waals surface area contributed by atoms with Crippen molar-refractivity contribution in [2.45, 2.75) is 13.8 Å². The number of ether oxygens (including phenoxy) is 2. The summed E-state index contributed by atoms with van der Waals surface area (Å²) in [7, 11) is 1.51. The smallest absolute Gasteiger partial charge is 0.248 e. The minimum Gasteiger partial charge on any atom is -0.495 e. The van der Waals surface area contributed by atoms with Gasteiger partial charge in [0.15, 0.2) is 0 Å². The number of nitrogens with one attached hydrogen (secondary N) is 2. The van der Waals surface area contributed by atoms with Crippen molar-refractivity contribution in [1.82, 2.24) is 0 Å². The molecular formula is C20H22N2O4. The number of methoxy groups -OCH3 is 1. The minimum absolute atomic E-state index is 0.220. The number of hydrogen-bond donors (Lipinski definition) is 2. The third kappa shape index (κ3) is 5.66. The van der Waals surface area contributed by atoms with Crippen molar-refractivity contribution < 1.29 is 19.1 Å². The van der Waals surface area contributed by atoms with Crippen LogP contribution in [0.25, 0.3) is 6.08 Å². The lowest BCUT2D eigenvalue weighted by Crippen LogP contribution is -2.10. The standard InChI is InChI=1S/C20H22N2O4/c1-4-26-17-9-5-15(6-10-17)7-12-20(24)22-16-8-11-19(25-3)18(13-16)21-14(2)23/h5-13H,4H2,1-3H3,(H,21,23)(H,22,24)/b12-7+. The first kappa shape index (κ1) is 19.1. The zero-order valence-electron chi connectivity index (χ0n) is 15.0. The van der Waals surface area contributed by atoms with E-state index >= 15 is 0 Å². The maximum absolute atomic E-state index is 12.1. The van der Waals surface area contributed by atoms with Crippen LogP contribution in [0.4, 0.5) is 11.4 Å². The number of anilines is 2. The molecule has 0 atom stereocenters. The van der Waals surface area contributed by atoms with Crippen molar-refractivity contribution in [2.75, 3.05) is 24.4 Å². The number of carbonyl (C=O) groups is 2. The molecule has 6 heteroatoms. The molecule has 0 spiro atoms. The van der Waals surface area contributed by atoms with Crippen molar-refractivity contribution in [1.29, 1.82) is 0 Å². The summed E-state index contributed by atoms with van der Waals surface area (Å²) < 4.78 is 10.6. The van der Waals surface area contributed by atoms with Gasteiger partial charge in [-0.05, 0) is 48.9 Å². The van der Waals surface area contributed by atoms with Crippen molar-refractivity contribution >= 4 is 29.3 Å². The summed E-state index contributed by atoms with van der Waals surface area (Å²) in [6.45, 7) is 3.94. The van der Waals surface area contributed by atoms with Crippen LogP contribution >= 0.6 is 0 Å². The van der Waals surface area contributed by atoms with E-state index in [4.69, 9.17) is 9.47 Å². The molecule has 2 aromatic carbocycles. The number of amides is 2. The zero-order chi connectivity index (χ0) is 18.9. The van der Waals surface area contributed by atoms with Crippen LogP contribution in [0.15, 0.2) is 48.5 Å². The van der Waals surface area contributed by atoms with E-state index in [1.807, 2.05) is 31.2 Å². The Labute approximate surface area is 152 Å². The van der Waals surface area contributed by atoms with Gasteiger partial charge in [-0.2, -0.15) is 0 Å². The fourth-order valence-electron chi connectivity index (χ4n) is 2.27. The largest absolute Gasteiger partial charge is 0.495 e. The maximum Gasteiger partial charge on any atom is 0.248 e. The normalized spacial score (nSPS) is 10.4. The molecule has 2 amide bonds. The first-order valence-corrected chi connectivity index (χ1v) is 8.19. The number of rotatable bonds is 7. The molecule has 0 aliphatic heterocycles. The van der Waals surface area contributed by atoms with E-state index in [0.717, 1.165) is 11.3 Å². The molecule has 0 aliphatic carbocycles. The van der Waals surface area contributed by atoms with Crippen molar-refractivity contribution in [2.24, 2.45) is 0 Å². The molecule has 2 aromatic rings. The summed E-state index contributed by atoms with van der Waals surface area (Å²) >= 11 is 0. The molecule has 0 fully saturated rings. The quantitative estimate of drug-likeness (QED) is 0.743. The van der Waals surface area contributed by atoms with Gasteiger partial charge >= 0.3 is 0 Å². The Morgan fingerprint density at radius 1 is 1.08 bits per heavy atom. The molecule has 0 bridgehead atoms. The lowest BCUT2D eigenvalue weighted by atomic mass is 10.2. The van der Waals surface area contributed by atoms with Crippen LogP contribution in [0.3, 0.4) is 0 Å². The highest BCUT2D eigenvalue weighted by Crippen LogP contribution is 2.27. The van der Waals surface area contributed by atoms with Crippen LogP contribution in [0.1, 0.15) is 19.4 Å². The summed E-state index contributed by atoms with van der Waals surface area (Å²) in [5, 5.41) is 5.42. The first-order chi connectivity index (χ1) is 12.5. The van der Waals surface area contributed by atoms with Gasteiger partial charge in [0.2, 0.25) is 11.8 Å². The summed E-state index contributed by atoms with van der Waals surface area (Å²) in [4.78, 5) is 23.4. The summed E-state index contributed by atoms with van der Waals surface area (Å²) in [5.74, 6) is 0.806. The predicted molar refractivity (Wildman–Crippen MR) is 103 cm³/mol. The Balaban J connectivity index is 2.03.